The Kier molecular flexibility index (Phi) is 5.57. The van der Waals surface area contributed by atoms with Crippen molar-refractivity contribution in [1.82, 2.24) is 15.1 Å². The zero-order valence-electron chi connectivity index (χ0n) is 11.7. The smallest absolute Gasteiger partial charge is 0.240 e. The second kappa shape index (κ2) is 7.19. The third-order valence-electron chi connectivity index (χ3n) is 3.88. The number of carbonyl (C=O) groups is 1. The van der Waals surface area contributed by atoms with Crippen LogP contribution < -0.4 is 5.32 Å². The fourth-order valence-corrected chi connectivity index (χ4v) is 2.94. The number of methoxy groups -OCH3 is 1. The molecule has 2 aliphatic heterocycles. The van der Waals surface area contributed by atoms with Crippen LogP contribution in [0.25, 0.3) is 0 Å². The molecule has 0 saturated carbocycles. The summed E-state index contributed by atoms with van der Waals surface area (Å²) in [5, 5.41) is 13.1. The number of nitrogens with zero attached hydrogens (tertiary/aromatic N) is 2. The van der Waals surface area contributed by atoms with Gasteiger partial charge in [0.15, 0.2) is 0 Å². The molecule has 2 unspecified atom stereocenters. The van der Waals surface area contributed by atoms with E-state index in [-0.39, 0.29) is 11.9 Å². The van der Waals surface area contributed by atoms with Crippen LogP contribution in [-0.2, 0) is 9.53 Å². The van der Waals surface area contributed by atoms with Crippen LogP contribution in [0.1, 0.15) is 12.8 Å². The molecular formula is C13H25N3O3. The first-order valence-electron chi connectivity index (χ1n) is 7.13. The van der Waals surface area contributed by atoms with E-state index in [0.29, 0.717) is 13.2 Å². The van der Waals surface area contributed by atoms with E-state index < -0.39 is 6.10 Å². The Balaban J connectivity index is 1.88. The van der Waals surface area contributed by atoms with Crippen LogP contribution in [0.2, 0.25) is 0 Å². The van der Waals surface area contributed by atoms with Gasteiger partial charge < -0.3 is 20.1 Å². The number of β-amino-alcohol motifs (C(OH)–C–C–N with tert-alkyl or cyclic N) is 1. The molecule has 0 aromatic heterocycles. The van der Waals surface area contributed by atoms with Gasteiger partial charge in [-0.1, -0.05) is 0 Å². The number of aliphatic hydroxyl groups is 1. The number of likely N-dealkylation sites (tertiary alicyclic amines) is 1. The minimum absolute atomic E-state index is 0.0513. The van der Waals surface area contributed by atoms with Crippen LogP contribution in [0.3, 0.4) is 0 Å². The van der Waals surface area contributed by atoms with Crippen LogP contribution >= 0.6 is 0 Å². The molecule has 2 rings (SSSR count). The highest BCUT2D eigenvalue weighted by atomic mass is 16.5. The molecule has 2 heterocycles. The summed E-state index contributed by atoms with van der Waals surface area (Å²) in [5.41, 5.74) is 0. The molecule has 2 fully saturated rings. The Morgan fingerprint density at radius 3 is 2.84 bits per heavy atom. The first kappa shape index (κ1) is 14.7. The minimum Gasteiger partial charge on any atom is -0.389 e. The molecule has 2 saturated heterocycles. The van der Waals surface area contributed by atoms with Crippen molar-refractivity contribution in [3.8, 4) is 0 Å². The monoisotopic (exact) mass is 271 g/mol. The molecule has 0 bridgehead atoms. The standard InChI is InChI=1S/C13H25N3O3/c1-19-10-11(17)9-16-6-2-3-12(16)13(18)15-7-4-14-5-8-15/h11-12,14,17H,2-10H2,1H3. The Labute approximate surface area is 114 Å². The lowest BCUT2D eigenvalue weighted by atomic mass is 10.1. The lowest BCUT2D eigenvalue weighted by Gasteiger charge is -2.33. The van der Waals surface area contributed by atoms with E-state index in [1.807, 2.05) is 4.90 Å². The number of aliphatic hydroxyl groups excluding tert-OH is 1. The number of carbonyl (C=O) groups excluding carboxylic acids is 1. The highest BCUT2D eigenvalue weighted by Gasteiger charge is 2.34. The van der Waals surface area contributed by atoms with Crippen molar-refractivity contribution >= 4 is 5.91 Å². The van der Waals surface area contributed by atoms with Crippen molar-refractivity contribution in [3.05, 3.63) is 0 Å². The summed E-state index contributed by atoms with van der Waals surface area (Å²) in [4.78, 5) is 16.5. The van der Waals surface area contributed by atoms with E-state index in [2.05, 4.69) is 10.2 Å². The first-order valence-corrected chi connectivity index (χ1v) is 7.13. The normalized spacial score (nSPS) is 26.6. The van der Waals surface area contributed by atoms with Crippen molar-refractivity contribution in [2.24, 2.45) is 0 Å². The number of amides is 1. The molecule has 0 aromatic rings. The third-order valence-corrected chi connectivity index (χ3v) is 3.88. The summed E-state index contributed by atoms with van der Waals surface area (Å²) in [6.45, 7) is 5.09. The van der Waals surface area contributed by atoms with Crippen LogP contribution in [0.15, 0.2) is 0 Å². The van der Waals surface area contributed by atoms with Crippen LogP contribution in [0, 0.1) is 0 Å². The van der Waals surface area contributed by atoms with E-state index in [9.17, 15) is 9.90 Å². The summed E-state index contributed by atoms with van der Waals surface area (Å²) in [5.74, 6) is 0.226. The number of piperazine rings is 1. The van der Waals surface area contributed by atoms with Crippen molar-refractivity contribution in [1.29, 1.82) is 0 Å². The summed E-state index contributed by atoms with van der Waals surface area (Å²) in [6.07, 6.45) is 1.42. The van der Waals surface area contributed by atoms with Crippen LogP contribution in [0.4, 0.5) is 0 Å². The van der Waals surface area contributed by atoms with E-state index in [0.717, 1.165) is 45.6 Å². The van der Waals surface area contributed by atoms with Gasteiger partial charge in [0.2, 0.25) is 5.91 Å². The quantitative estimate of drug-likeness (QED) is 0.664. The Morgan fingerprint density at radius 1 is 1.42 bits per heavy atom. The van der Waals surface area contributed by atoms with E-state index in [4.69, 9.17) is 4.74 Å². The molecule has 0 spiro atoms. The molecule has 2 aliphatic rings. The van der Waals surface area contributed by atoms with Crippen molar-refractivity contribution in [3.63, 3.8) is 0 Å². The van der Waals surface area contributed by atoms with E-state index >= 15 is 0 Å². The molecule has 1 amide bonds. The number of rotatable bonds is 5. The Hall–Kier alpha value is -0.690. The van der Waals surface area contributed by atoms with Gasteiger partial charge in [0.25, 0.3) is 0 Å². The van der Waals surface area contributed by atoms with E-state index in [1.54, 1.807) is 7.11 Å². The van der Waals surface area contributed by atoms with Gasteiger partial charge >= 0.3 is 0 Å². The van der Waals surface area contributed by atoms with Gasteiger partial charge in [-0.05, 0) is 19.4 Å². The summed E-state index contributed by atoms with van der Waals surface area (Å²) in [7, 11) is 1.58. The van der Waals surface area contributed by atoms with Gasteiger partial charge in [0.1, 0.15) is 0 Å². The highest BCUT2D eigenvalue weighted by molar-refractivity contribution is 5.82. The van der Waals surface area contributed by atoms with Crippen LogP contribution in [0.5, 0.6) is 0 Å². The minimum atomic E-state index is -0.513. The second-order valence-electron chi connectivity index (χ2n) is 5.34. The molecule has 0 aliphatic carbocycles. The molecule has 110 valence electrons. The predicted octanol–water partition coefficient (Wildman–Crippen LogP) is -1.11. The molecular weight excluding hydrogens is 246 g/mol. The summed E-state index contributed by atoms with van der Waals surface area (Å²) < 4.78 is 4.95. The first-order chi connectivity index (χ1) is 9.22. The van der Waals surface area contributed by atoms with Crippen molar-refractivity contribution in [2.45, 2.75) is 25.0 Å². The number of hydrogen-bond donors (Lipinski definition) is 2. The largest absolute Gasteiger partial charge is 0.389 e. The van der Waals surface area contributed by atoms with Gasteiger partial charge in [0, 0.05) is 39.8 Å². The zero-order valence-corrected chi connectivity index (χ0v) is 11.7. The molecule has 0 radical (unpaired) electrons. The van der Waals surface area contributed by atoms with Crippen molar-refractivity contribution < 1.29 is 14.6 Å². The average Bonchev–Trinajstić information content (AvgIpc) is 2.87. The second-order valence-corrected chi connectivity index (χ2v) is 5.34. The van der Waals surface area contributed by atoms with Crippen LogP contribution in [-0.4, -0.2) is 85.9 Å². The van der Waals surface area contributed by atoms with Crippen molar-refractivity contribution in [2.75, 3.05) is 53.0 Å². The molecule has 0 aromatic carbocycles. The third kappa shape index (κ3) is 3.89. The summed E-state index contributed by atoms with van der Waals surface area (Å²) in [6, 6.07) is -0.0513. The highest BCUT2D eigenvalue weighted by Crippen LogP contribution is 2.20. The predicted molar refractivity (Wildman–Crippen MR) is 71.9 cm³/mol. The number of nitrogens with one attached hydrogen (secondary N) is 1. The molecule has 6 nitrogen and oxygen atoms in total. The lowest BCUT2D eigenvalue weighted by Crippen LogP contribution is -2.53. The van der Waals surface area contributed by atoms with Gasteiger partial charge in [0.05, 0.1) is 18.8 Å². The fourth-order valence-electron chi connectivity index (χ4n) is 2.94. The van der Waals surface area contributed by atoms with Gasteiger partial charge in [-0.3, -0.25) is 9.69 Å². The maximum absolute atomic E-state index is 12.5. The molecule has 19 heavy (non-hydrogen) atoms. The zero-order chi connectivity index (χ0) is 13.7. The lowest BCUT2D eigenvalue weighted by molar-refractivity contribution is -0.137. The summed E-state index contributed by atoms with van der Waals surface area (Å²) >= 11 is 0. The van der Waals surface area contributed by atoms with Gasteiger partial charge in [-0.15, -0.1) is 0 Å². The van der Waals surface area contributed by atoms with Gasteiger partial charge in [-0.2, -0.15) is 0 Å². The Bertz CT molecular complexity index is 295. The Morgan fingerprint density at radius 2 is 2.16 bits per heavy atom. The number of hydrogen-bond acceptors (Lipinski definition) is 5. The maximum atomic E-state index is 12.5. The molecule has 2 atom stereocenters. The van der Waals surface area contributed by atoms with Gasteiger partial charge in [-0.25, -0.2) is 0 Å². The molecule has 6 heteroatoms. The topological polar surface area (TPSA) is 65.0 Å². The maximum Gasteiger partial charge on any atom is 0.240 e. The molecule has 2 N–H and O–H groups in total. The van der Waals surface area contributed by atoms with E-state index in [1.165, 1.54) is 0 Å². The number of ether oxygens (including phenoxy) is 1. The fraction of sp³-hybridized carbons (Fsp3) is 0.923. The SMILES string of the molecule is COCC(O)CN1CCCC1C(=O)N1CCNCC1. The average molecular weight is 271 g/mol.